The second-order valence-corrected chi connectivity index (χ2v) is 3.91. The van der Waals surface area contributed by atoms with E-state index in [-0.39, 0.29) is 0 Å². The molecule has 0 spiro atoms. The van der Waals surface area contributed by atoms with Gasteiger partial charge in [-0.15, -0.1) is 0 Å². The van der Waals surface area contributed by atoms with Crippen molar-refractivity contribution in [3.05, 3.63) is 23.9 Å². The largest absolute Gasteiger partial charge is 0.478 e. The Bertz CT molecular complexity index is 302. The third-order valence-electron chi connectivity index (χ3n) is 2.52. The third-order valence-corrected chi connectivity index (χ3v) is 2.52. The lowest BCUT2D eigenvalue weighted by atomic mass is 10.1. The van der Waals surface area contributed by atoms with E-state index in [2.05, 4.69) is 31.1 Å². The number of aromatic nitrogens is 1. The second-order valence-electron chi connectivity index (χ2n) is 3.91. The van der Waals surface area contributed by atoms with Gasteiger partial charge in [0.15, 0.2) is 0 Å². The van der Waals surface area contributed by atoms with Gasteiger partial charge in [-0.05, 0) is 31.5 Å². The Morgan fingerprint density at radius 3 is 2.94 bits per heavy atom. The Balaban J connectivity index is 2.56. The van der Waals surface area contributed by atoms with E-state index < -0.39 is 0 Å². The Morgan fingerprint density at radius 1 is 1.44 bits per heavy atom. The number of unbranched alkanes of at least 4 members (excludes halogenated alkanes) is 1. The highest BCUT2D eigenvalue weighted by atomic mass is 16.5. The van der Waals surface area contributed by atoms with Crippen LogP contribution in [0.3, 0.4) is 0 Å². The van der Waals surface area contributed by atoms with Crippen LogP contribution in [0.15, 0.2) is 18.3 Å². The first-order chi connectivity index (χ1) is 7.77. The summed E-state index contributed by atoms with van der Waals surface area (Å²) >= 11 is 0. The highest BCUT2D eigenvalue weighted by Gasteiger charge is 2.05. The minimum absolute atomic E-state index is 0.349. The van der Waals surface area contributed by atoms with Gasteiger partial charge in [0.1, 0.15) is 0 Å². The maximum Gasteiger partial charge on any atom is 0.213 e. The highest BCUT2D eigenvalue weighted by molar-refractivity contribution is 5.23. The molecule has 0 aliphatic rings. The Labute approximate surface area is 98.2 Å². The third kappa shape index (κ3) is 4.19. The molecule has 1 aromatic heterocycles. The van der Waals surface area contributed by atoms with Gasteiger partial charge in [0.05, 0.1) is 6.61 Å². The topological polar surface area (TPSA) is 34.1 Å². The maximum absolute atomic E-state index is 5.58. The van der Waals surface area contributed by atoms with Gasteiger partial charge in [0.25, 0.3) is 0 Å². The molecule has 0 amide bonds. The predicted octanol–water partition coefficient (Wildman–Crippen LogP) is 2.93. The summed E-state index contributed by atoms with van der Waals surface area (Å²) in [6.45, 7) is 8.13. The first-order valence-electron chi connectivity index (χ1n) is 6.10. The zero-order valence-electron chi connectivity index (χ0n) is 10.5. The maximum atomic E-state index is 5.58. The molecular formula is C13H22N2O. The van der Waals surface area contributed by atoms with E-state index in [1.54, 1.807) is 0 Å². The summed E-state index contributed by atoms with van der Waals surface area (Å²) in [5, 5.41) is 3.37. The molecule has 16 heavy (non-hydrogen) atoms. The van der Waals surface area contributed by atoms with Crippen LogP contribution in [0.5, 0.6) is 5.88 Å². The molecule has 0 fully saturated rings. The quantitative estimate of drug-likeness (QED) is 0.720. The van der Waals surface area contributed by atoms with Gasteiger partial charge in [-0.25, -0.2) is 4.98 Å². The van der Waals surface area contributed by atoms with Crippen LogP contribution in [-0.4, -0.2) is 18.1 Å². The highest BCUT2D eigenvalue weighted by Crippen LogP contribution is 2.16. The summed E-state index contributed by atoms with van der Waals surface area (Å²) in [4.78, 5) is 4.20. The zero-order chi connectivity index (χ0) is 11.8. The molecule has 0 saturated heterocycles. The molecule has 0 aromatic carbocycles. The minimum Gasteiger partial charge on any atom is -0.478 e. The summed E-state index contributed by atoms with van der Waals surface area (Å²) in [5.74, 6) is 0.732. The molecule has 1 aromatic rings. The van der Waals surface area contributed by atoms with Gasteiger partial charge < -0.3 is 10.1 Å². The van der Waals surface area contributed by atoms with Crippen LogP contribution in [0.25, 0.3) is 0 Å². The lowest BCUT2D eigenvalue weighted by molar-refractivity contribution is 0.297. The van der Waals surface area contributed by atoms with E-state index >= 15 is 0 Å². The summed E-state index contributed by atoms with van der Waals surface area (Å²) in [7, 11) is 0. The normalized spacial score (nSPS) is 12.4. The molecule has 1 heterocycles. The smallest absolute Gasteiger partial charge is 0.213 e. The predicted molar refractivity (Wildman–Crippen MR) is 66.7 cm³/mol. The van der Waals surface area contributed by atoms with Crippen LogP contribution in [0.4, 0.5) is 0 Å². The second kappa shape index (κ2) is 7.23. The number of nitrogens with zero attached hydrogens (tertiary/aromatic N) is 1. The van der Waals surface area contributed by atoms with Crippen LogP contribution in [0.1, 0.15) is 45.2 Å². The van der Waals surface area contributed by atoms with Crippen molar-refractivity contribution in [2.24, 2.45) is 0 Å². The standard InChI is InChI=1S/C13H22N2O/c1-4-6-9-16-13-10-12(7-8-15-13)11(3)14-5-2/h7-8,10-11,14H,4-6,9H2,1-3H3. The summed E-state index contributed by atoms with van der Waals surface area (Å²) < 4.78 is 5.58. The molecular weight excluding hydrogens is 200 g/mol. The molecule has 1 rings (SSSR count). The monoisotopic (exact) mass is 222 g/mol. The lowest BCUT2D eigenvalue weighted by Crippen LogP contribution is -2.17. The Morgan fingerprint density at radius 2 is 2.25 bits per heavy atom. The lowest BCUT2D eigenvalue weighted by Gasteiger charge is -2.13. The number of pyridine rings is 1. The molecule has 0 aliphatic heterocycles. The van der Waals surface area contributed by atoms with Crippen LogP contribution in [-0.2, 0) is 0 Å². The number of hydrogen-bond acceptors (Lipinski definition) is 3. The van der Waals surface area contributed by atoms with E-state index in [0.717, 1.165) is 31.9 Å². The van der Waals surface area contributed by atoms with Crippen molar-refractivity contribution >= 4 is 0 Å². The summed E-state index contributed by atoms with van der Waals surface area (Å²) in [6, 6.07) is 4.39. The molecule has 0 saturated carbocycles. The Hall–Kier alpha value is -1.09. The van der Waals surface area contributed by atoms with E-state index in [9.17, 15) is 0 Å². The van der Waals surface area contributed by atoms with Gasteiger partial charge in [-0.1, -0.05) is 20.3 Å². The van der Waals surface area contributed by atoms with Crippen LogP contribution < -0.4 is 10.1 Å². The SMILES string of the molecule is CCCCOc1cc(C(C)NCC)ccn1. The molecule has 1 atom stereocenters. The molecule has 3 heteroatoms. The van der Waals surface area contributed by atoms with Gasteiger partial charge in [-0.3, -0.25) is 0 Å². The first-order valence-corrected chi connectivity index (χ1v) is 6.10. The Kier molecular flexibility index (Phi) is 5.86. The van der Waals surface area contributed by atoms with Crippen molar-refractivity contribution < 1.29 is 4.74 Å². The van der Waals surface area contributed by atoms with E-state index in [1.807, 2.05) is 18.3 Å². The van der Waals surface area contributed by atoms with Crippen molar-refractivity contribution in [3.63, 3.8) is 0 Å². The molecule has 90 valence electrons. The average Bonchev–Trinajstić information content (AvgIpc) is 2.30. The van der Waals surface area contributed by atoms with Gasteiger partial charge in [-0.2, -0.15) is 0 Å². The average molecular weight is 222 g/mol. The van der Waals surface area contributed by atoms with Crippen molar-refractivity contribution in [2.75, 3.05) is 13.2 Å². The molecule has 3 nitrogen and oxygen atoms in total. The molecule has 0 radical (unpaired) electrons. The molecule has 1 N–H and O–H groups in total. The van der Waals surface area contributed by atoms with E-state index in [0.29, 0.717) is 6.04 Å². The van der Waals surface area contributed by atoms with Crippen LogP contribution in [0, 0.1) is 0 Å². The van der Waals surface area contributed by atoms with Crippen molar-refractivity contribution in [1.82, 2.24) is 10.3 Å². The first kappa shape index (κ1) is 13.0. The fourth-order valence-electron chi connectivity index (χ4n) is 1.52. The van der Waals surface area contributed by atoms with Gasteiger partial charge >= 0.3 is 0 Å². The van der Waals surface area contributed by atoms with Crippen LogP contribution in [0.2, 0.25) is 0 Å². The summed E-state index contributed by atoms with van der Waals surface area (Å²) in [5.41, 5.74) is 1.23. The number of hydrogen-bond donors (Lipinski definition) is 1. The van der Waals surface area contributed by atoms with Crippen molar-refractivity contribution in [2.45, 2.75) is 39.7 Å². The molecule has 0 bridgehead atoms. The number of nitrogens with one attached hydrogen (secondary N) is 1. The molecule has 1 unspecified atom stereocenters. The van der Waals surface area contributed by atoms with E-state index in [4.69, 9.17) is 4.74 Å². The number of rotatable bonds is 7. The summed E-state index contributed by atoms with van der Waals surface area (Å²) in [6.07, 6.45) is 4.03. The molecule has 0 aliphatic carbocycles. The van der Waals surface area contributed by atoms with Gasteiger partial charge in [0, 0.05) is 18.3 Å². The fraction of sp³-hybridized carbons (Fsp3) is 0.615. The fourth-order valence-corrected chi connectivity index (χ4v) is 1.52. The van der Waals surface area contributed by atoms with Crippen molar-refractivity contribution in [3.8, 4) is 5.88 Å². The van der Waals surface area contributed by atoms with E-state index in [1.165, 1.54) is 5.56 Å². The number of ether oxygens (including phenoxy) is 1. The zero-order valence-corrected chi connectivity index (χ0v) is 10.5. The minimum atomic E-state index is 0.349. The van der Waals surface area contributed by atoms with Crippen molar-refractivity contribution in [1.29, 1.82) is 0 Å². The van der Waals surface area contributed by atoms with Crippen LogP contribution >= 0.6 is 0 Å². The van der Waals surface area contributed by atoms with Gasteiger partial charge in [0.2, 0.25) is 5.88 Å².